The minimum Gasteiger partial charge on any atom is -0.369 e. The maximum absolute atomic E-state index is 14.5. The van der Waals surface area contributed by atoms with E-state index in [1.807, 2.05) is 0 Å². The van der Waals surface area contributed by atoms with Gasteiger partial charge in [-0.05, 0) is 37.5 Å². The molecule has 1 fully saturated rings. The van der Waals surface area contributed by atoms with E-state index in [2.05, 4.69) is 16.9 Å². The molecule has 7 nitrogen and oxygen atoms in total. The summed E-state index contributed by atoms with van der Waals surface area (Å²) in [6.07, 6.45) is 2.41. The van der Waals surface area contributed by atoms with Crippen molar-refractivity contribution in [2.75, 3.05) is 13.6 Å². The molecule has 1 aromatic carbocycles. The van der Waals surface area contributed by atoms with E-state index in [4.69, 9.17) is 5.73 Å². The highest BCUT2D eigenvalue weighted by molar-refractivity contribution is 5.93. The Morgan fingerprint density at radius 1 is 1.39 bits per heavy atom. The molecule has 3 N–H and O–H groups in total. The van der Waals surface area contributed by atoms with E-state index in [0.29, 0.717) is 24.9 Å². The topological polar surface area (TPSA) is 101 Å². The first-order valence-corrected chi connectivity index (χ1v) is 9.02. The Bertz CT molecular complexity index is 1070. The number of hydrogen-bond donors (Lipinski definition) is 2. The molecule has 2 heterocycles. The van der Waals surface area contributed by atoms with Gasteiger partial charge in [0.05, 0.1) is 0 Å². The third-order valence-corrected chi connectivity index (χ3v) is 5.26. The van der Waals surface area contributed by atoms with Crippen LogP contribution in [0.1, 0.15) is 40.2 Å². The lowest BCUT2D eigenvalue weighted by atomic mass is 10.0. The van der Waals surface area contributed by atoms with Crippen LogP contribution < -0.4 is 5.73 Å². The second-order valence-electron chi connectivity index (χ2n) is 7.16. The lowest BCUT2D eigenvalue weighted by molar-refractivity contribution is -0.137. The Labute approximate surface area is 160 Å². The number of likely N-dealkylation sites (N-methyl/N-ethyl adjacent to an activating group) is 1. The van der Waals surface area contributed by atoms with Crippen LogP contribution in [0.5, 0.6) is 0 Å². The minimum atomic E-state index is -1.73. The van der Waals surface area contributed by atoms with E-state index in [-0.39, 0.29) is 17.8 Å². The summed E-state index contributed by atoms with van der Waals surface area (Å²) in [4.78, 5) is 25.1. The van der Waals surface area contributed by atoms with Crippen molar-refractivity contribution in [3.8, 4) is 17.5 Å². The third kappa shape index (κ3) is 2.84. The standard InChI is InChI=1S/C20H19FN4O3/c1-24-10-9-20(28,19(24)27)8-7-12-5-6-14(21)16(11-12)25-15-4-2-3-13(15)17(23-25)18(22)26/h5-6,11,28H,2-4,9-10H2,1H3,(H2,22,26)/t20-/m0/s1. The average Bonchev–Trinajstić information content (AvgIpc) is 3.33. The second kappa shape index (κ2) is 6.46. The van der Waals surface area contributed by atoms with Crippen molar-refractivity contribution in [2.45, 2.75) is 31.3 Å². The molecule has 1 aromatic heterocycles. The predicted molar refractivity (Wildman–Crippen MR) is 98.1 cm³/mol. The van der Waals surface area contributed by atoms with Crippen LogP contribution in [0.3, 0.4) is 0 Å². The van der Waals surface area contributed by atoms with Gasteiger partial charge in [0.15, 0.2) is 5.69 Å². The molecule has 2 aliphatic rings. The van der Waals surface area contributed by atoms with E-state index in [9.17, 15) is 19.1 Å². The number of likely N-dealkylation sites (tertiary alicyclic amines) is 1. The zero-order valence-electron chi connectivity index (χ0n) is 15.3. The highest BCUT2D eigenvalue weighted by Gasteiger charge is 2.42. The summed E-state index contributed by atoms with van der Waals surface area (Å²) in [7, 11) is 1.60. The molecule has 0 radical (unpaired) electrons. The Hall–Kier alpha value is -3.18. The van der Waals surface area contributed by atoms with Crippen LogP contribution in [-0.2, 0) is 17.6 Å². The number of fused-ring (bicyclic) bond motifs is 1. The molecule has 1 aliphatic carbocycles. The van der Waals surface area contributed by atoms with Crippen LogP contribution in [0.4, 0.5) is 4.39 Å². The van der Waals surface area contributed by atoms with Crippen molar-refractivity contribution in [3.63, 3.8) is 0 Å². The van der Waals surface area contributed by atoms with Crippen molar-refractivity contribution in [1.82, 2.24) is 14.7 Å². The fourth-order valence-corrected chi connectivity index (χ4v) is 3.73. The van der Waals surface area contributed by atoms with Crippen LogP contribution in [0.2, 0.25) is 0 Å². The van der Waals surface area contributed by atoms with Crippen LogP contribution in [0, 0.1) is 17.7 Å². The molecule has 1 atom stereocenters. The molecule has 0 saturated carbocycles. The maximum atomic E-state index is 14.5. The van der Waals surface area contributed by atoms with Crippen molar-refractivity contribution in [3.05, 3.63) is 46.5 Å². The SMILES string of the molecule is CN1CC[C@@](O)(C#Cc2ccc(F)c(-n3nc(C(N)=O)c4c3CCC4)c2)C1=O. The van der Waals surface area contributed by atoms with Gasteiger partial charge in [-0.25, -0.2) is 9.07 Å². The van der Waals surface area contributed by atoms with E-state index in [0.717, 1.165) is 17.7 Å². The molecule has 1 aliphatic heterocycles. The lowest BCUT2D eigenvalue weighted by Gasteiger charge is -2.13. The summed E-state index contributed by atoms with van der Waals surface area (Å²) < 4.78 is 15.9. The number of primary amides is 1. The van der Waals surface area contributed by atoms with Crippen LogP contribution >= 0.6 is 0 Å². The van der Waals surface area contributed by atoms with Gasteiger partial charge in [-0.15, -0.1) is 0 Å². The molecular formula is C20H19FN4O3. The molecule has 28 heavy (non-hydrogen) atoms. The molecule has 0 unspecified atom stereocenters. The Morgan fingerprint density at radius 2 is 2.18 bits per heavy atom. The van der Waals surface area contributed by atoms with Gasteiger partial charge >= 0.3 is 0 Å². The van der Waals surface area contributed by atoms with Crippen LogP contribution in [-0.4, -0.2) is 50.8 Å². The van der Waals surface area contributed by atoms with Gasteiger partial charge in [-0.3, -0.25) is 9.59 Å². The molecule has 4 rings (SSSR count). The second-order valence-corrected chi connectivity index (χ2v) is 7.16. The third-order valence-electron chi connectivity index (χ3n) is 5.26. The fraction of sp³-hybridized carbons (Fsp3) is 0.350. The highest BCUT2D eigenvalue weighted by Crippen LogP contribution is 2.29. The summed E-state index contributed by atoms with van der Waals surface area (Å²) >= 11 is 0. The maximum Gasteiger partial charge on any atom is 0.269 e. The van der Waals surface area contributed by atoms with Gasteiger partial charge in [0.1, 0.15) is 11.5 Å². The number of carbonyl (C=O) groups excluding carboxylic acids is 2. The number of aliphatic hydroxyl groups is 1. The van der Waals surface area contributed by atoms with Gasteiger partial charge in [-0.2, -0.15) is 5.10 Å². The number of nitrogens with two attached hydrogens (primary N) is 1. The smallest absolute Gasteiger partial charge is 0.269 e. The number of rotatable bonds is 2. The van der Waals surface area contributed by atoms with Crippen molar-refractivity contribution < 1.29 is 19.1 Å². The van der Waals surface area contributed by atoms with E-state index in [1.165, 1.54) is 27.8 Å². The van der Waals surface area contributed by atoms with Gasteiger partial charge in [0.25, 0.3) is 11.8 Å². The van der Waals surface area contributed by atoms with Crippen molar-refractivity contribution >= 4 is 11.8 Å². The Kier molecular flexibility index (Phi) is 4.20. The normalized spacial score (nSPS) is 20.8. The molecule has 8 heteroatoms. The predicted octanol–water partition coefficient (Wildman–Crippen LogP) is 0.544. The summed E-state index contributed by atoms with van der Waals surface area (Å²) in [5.41, 5.74) is 5.95. The monoisotopic (exact) mass is 382 g/mol. The van der Waals surface area contributed by atoms with Gasteiger partial charge in [0, 0.05) is 36.8 Å². The summed E-state index contributed by atoms with van der Waals surface area (Å²) in [6.45, 7) is 0.425. The largest absolute Gasteiger partial charge is 0.369 e. The fourth-order valence-electron chi connectivity index (χ4n) is 3.73. The highest BCUT2D eigenvalue weighted by atomic mass is 19.1. The Morgan fingerprint density at radius 3 is 2.86 bits per heavy atom. The molecular weight excluding hydrogens is 363 g/mol. The first-order chi connectivity index (χ1) is 13.3. The van der Waals surface area contributed by atoms with E-state index in [1.54, 1.807) is 7.05 Å². The van der Waals surface area contributed by atoms with Gasteiger partial charge < -0.3 is 15.7 Å². The van der Waals surface area contributed by atoms with E-state index >= 15 is 0 Å². The zero-order chi connectivity index (χ0) is 20.1. The Balaban J connectivity index is 1.75. The van der Waals surface area contributed by atoms with Crippen LogP contribution in [0.15, 0.2) is 18.2 Å². The number of carbonyl (C=O) groups is 2. The van der Waals surface area contributed by atoms with Crippen LogP contribution in [0.25, 0.3) is 5.69 Å². The minimum absolute atomic E-state index is 0.152. The number of aromatic nitrogens is 2. The molecule has 1 saturated heterocycles. The first kappa shape index (κ1) is 18.2. The molecule has 144 valence electrons. The zero-order valence-corrected chi connectivity index (χ0v) is 15.3. The first-order valence-electron chi connectivity index (χ1n) is 9.02. The number of benzene rings is 1. The van der Waals surface area contributed by atoms with Gasteiger partial charge in [-0.1, -0.05) is 11.8 Å². The number of nitrogens with zero attached hydrogens (tertiary/aromatic N) is 3. The number of amides is 2. The summed E-state index contributed by atoms with van der Waals surface area (Å²) in [5.74, 6) is 3.78. The van der Waals surface area contributed by atoms with Crippen molar-refractivity contribution in [1.29, 1.82) is 0 Å². The molecule has 0 spiro atoms. The molecule has 2 aromatic rings. The molecule has 0 bridgehead atoms. The number of halogens is 1. The van der Waals surface area contributed by atoms with Crippen molar-refractivity contribution in [2.24, 2.45) is 5.73 Å². The average molecular weight is 382 g/mol. The summed E-state index contributed by atoms with van der Waals surface area (Å²) in [6, 6.07) is 4.21. The molecule has 2 amide bonds. The van der Waals surface area contributed by atoms with Gasteiger partial charge in [0.2, 0.25) is 5.60 Å². The number of hydrogen-bond acceptors (Lipinski definition) is 4. The summed E-state index contributed by atoms with van der Waals surface area (Å²) in [5, 5.41) is 14.6. The quantitative estimate of drug-likeness (QED) is 0.741. The van der Waals surface area contributed by atoms with E-state index < -0.39 is 23.2 Å². The lowest BCUT2D eigenvalue weighted by Crippen LogP contribution is -2.37.